The highest BCUT2D eigenvalue weighted by Gasteiger charge is 2.32. The number of fused-ring (bicyclic) bond motifs is 1. The molecule has 0 radical (unpaired) electrons. The van der Waals surface area contributed by atoms with Crippen LogP contribution >= 0.6 is 0 Å². The highest BCUT2D eigenvalue weighted by Crippen LogP contribution is 2.26. The van der Waals surface area contributed by atoms with Gasteiger partial charge in [-0.2, -0.15) is 0 Å². The molecule has 3 atom stereocenters. The van der Waals surface area contributed by atoms with Crippen molar-refractivity contribution in [1.82, 2.24) is 10.2 Å². The predicted molar refractivity (Wildman–Crippen MR) is 57.9 cm³/mol. The molecule has 2 N–H and O–H groups in total. The number of carboxylic acids is 1. The van der Waals surface area contributed by atoms with Crippen molar-refractivity contribution in [2.45, 2.75) is 50.7 Å². The van der Waals surface area contributed by atoms with E-state index in [-0.39, 0.29) is 0 Å². The van der Waals surface area contributed by atoms with Crippen molar-refractivity contribution < 1.29 is 9.90 Å². The zero-order valence-corrected chi connectivity index (χ0v) is 9.28. The third kappa shape index (κ3) is 2.49. The van der Waals surface area contributed by atoms with Crippen molar-refractivity contribution >= 4 is 5.97 Å². The Hall–Kier alpha value is -0.610. The molecule has 0 aromatic carbocycles. The summed E-state index contributed by atoms with van der Waals surface area (Å²) in [6.45, 7) is 4.10. The minimum Gasteiger partial charge on any atom is -0.480 e. The molecule has 0 amide bonds. The molecule has 0 aromatic rings. The number of hydrogen-bond donors (Lipinski definition) is 2. The summed E-state index contributed by atoms with van der Waals surface area (Å²) in [7, 11) is 0. The monoisotopic (exact) mass is 212 g/mol. The normalized spacial score (nSPS) is 33.7. The van der Waals surface area contributed by atoms with E-state index in [0.717, 1.165) is 19.4 Å². The molecule has 0 spiro atoms. The van der Waals surface area contributed by atoms with Gasteiger partial charge in [0, 0.05) is 12.1 Å². The van der Waals surface area contributed by atoms with Gasteiger partial charge in [-0.1, -0.05) is 0 Å². The van der Waals surface area contributed by atoms with Gasteiger partial charge in [0.15, 0.2) is 0 Å². The van der Waals surface area contributed by atoms with E-state index < -0.39 is 12.0 Å². The first-order chi connectivity index (χ1) is 7.16. The lowest BCUT2D eigenvalue weighted by atomic mass is 9.97. The van der Waals surface area contributed by atoms with Crippen LogP contribution < -0.4 is 5.32 Å². The predicted octanol–water partition coefficient (Wildman–Crippen LogP) is 0.676. The van der Waals surface area contributed by atoms with Crippen LogP contribution in [0.4, 0.5) is 0 Å². The average molecular weight is 212 g/mol. The molecule has 0 bridgehead atoms. The van der Waals surface area contributed by atoms with E-state index in [1.165, 1.54) is 19.4 Å². The van der Waals surface area contributed by atoms with Gasteiger partial charge < -0.3 is 15.3 Å². The first kappa shape index (κ1) is 10.9. The smallest absolute Gasteiger partial charge is 0.320 e. The van der Waals surface area contributed by atoms with Crippen LogP contribution in [0.25, 0.3) is 0 Å². The fourth-order valence-electron chi connectivity index (χ4n) is 2.80. The van der Waals surface area contributed by atoms with Gasteiger partial charge >= 0.3 is 5.97 Å². The largest absolute Gasteiger partial charge is 0.480 e. The molecule has 3 unspecified atom stereocenters. The Morgan fingerprint density at radius 1 is 1.47 bits per heavy atom. The fourth-order valence-corrected chi connectivity index (χ4v) is 2.80. The molecule has 2 aliphatic heterocycles. The molecular weight excluding hydrogens is 192 g/mol. The van der Waals surface area contributed by atoms with Crippen LogP contribution in [0.15, 0.2) is 0 Å². The van der Waals surface area contributed by atoms with Crippen LogP contribution in [0.1, 0.15) is 32.6 Å². The summed E-state index contributed by atoms with van der Waals surface area (Å²) in [5.74, 6) is -0.746. The van der Waals surface area contributed by atoms with Gasteiger partial charge in [-0.05, 0) is 45.7 Å². The van der Waals surface area contributed by atoms with Gasteiger partial charge in [0.1, 0.15) is 6.04 Å². The number of carbonyl (C=O) groups is 1. The maximum absolute atomic E-state index is 10.7. The van der Waals surface area contributed by atoms with E-state index in [4.69, 9.17) is 5.11 Å². The average Bonchev–Trinajstić information content (AvgIpc) is 2.64. The van der Waals surface area contributed by atoms with Crippen molar-refractivity contribution in [2.24, 2.45) is 0 Å². The quantitative estimate of drug-likeness (QED) is 0.722. The lowest BCUT2D eigenvalue weighted by Crippen LogP contribution is -2.49. The highest BCUT2D eigenvalue weighted by atomic mass is 16.4. The van der Waals surface area contributed by atoms with Crippen molar-refractivity contribution in [1.29, 1.82) is 0 Å². The highest BCUT2D eigenvalue weighted by molar-refractivity contribution is 5.72. The van der Waals surface area contributed by atoms with Gasteiger partial charge in [0.05, 0.1) is 0 Å². The second-order valence-electron chi connectivity index (χ2n) is 4.78. The molecule has 15 heavy (non-hydrogen) atoms. The lowest BCUT2D eigenvalue weighted by molar-refractivity contribution is -0.139. The van der Waals surface area contributed by atoms with Crippen LogP contribution in [0.2, 0.25) is 0 Å². The SMILES string of the molecule is CC(NC1CCN2CCCC2C1)C(=O)O. The van der Waals surface area contributed by atoms with E-state index in [9.17, 15) is 4.79 Å². The molecule has 4 nitrogen and oxygen atoms in total. The minimum atomic E-state index is -0.746. The van der Waals surface area contributed by atoms with Crippen LogP contribution in [0, 0.1) is 0 Å². The zero-order chi connectivity index (χ0) is 10.8. The van der Waals surface area contributed by atoms with E-state index in [2.05, 4.69) is 10.2 Å². The first-order valence-corrected chi connectivity index (χ1v) is 5.89. The first-order valence-electron chi connectivity index (χ1n) is 5.89. The van der Waals surface area contributed by atoms with Gasteiger partial charge in [-0.25, -0.2) is 0 Å². The maximum atomic E-state index is 10.7. The Balaban J connectivity index is 1.82. The second kappa shape index (κ2) is 4.49. The van der Waals surface area contributed by atoms with Crippen molar-refractivity contribution in [2.75, 3.05) is 13.1 Å². The number of nitrogens with zero attached hydrogens (tertiary/aromatic N) is 1. The zero-order valence-electron chi connectivity index (χ0n) is 9.28. The molecule has 4 heteroatoms. The Labute approximate surface area is 90.6 Å². The Morgan fingerprint density at radius 2 is 2.27 bits per heavy atom. The fraction of sp³-hybridized carbons (Fsp3) is 0.909. The lowest BCUT2D eigenvalue weighted by Gasteiger charge is -2.35. The third-order valence-electron chi connectivity index (χ3n) is 3.68. The maximum Gasteiger partial charge on any atom is 0.320 e. The number of aliphatic carboxylic acids is 1. The summed E-state index contributed by atoms with van der Waals surface area (Å²) in [5, 5.41) is 12.0. The summed E-state index contributed by atoms with van der Waals surface area (Å²) >= 11 is 0. The molecule has 86 valence electrons. The Bertz CT molecular complexity index is 245. The van der Waals surface area contributed by atoms with Crippen LogP contribution in [-0.2, 0) is 4.79 Å². The minimum absolute atomic E-state index is 0.399. The summed E-state index contributed by atoms with van der Waals surface area (Å²) in [6.07, 6.45) is 4.82. The third-order valence-corrected chi connectivity index (χ3v) is 3.68. The molecular formula is C11H20N2O2. The molecule has 2 fully saturated rings. The van der Waals surface area contributed by atoms with E-state index in [1.807, 2.05) is 0 Å². The molecule has 0 saturated carbocycles. The van der Waals surface area contributed by atoms with Gasteiger partial charge in [-0.15, -0.1) is 0 Å². The number of nitrogens with one attached hydrogen (secondary N) is 1. The van der Waals surface area contributed by atoms with E-state index >= 15 is 0 Å². The Morgan fingerprint density at radius 3 is 3.00 bits per heavy atom. The number of piperidine rings is 1. The second-order valence-corrected chi connectivity index (χ2v) is 4.78. The number of rotatable bonds is 3. The summed E-state index contributed by atoms with van der Waals surface area (Å²) in [6, 6.07) is 0.690. The number of hydrogen-bond acceptors (Lipinski definition) is 3. The summed E-state index contributed by atoms with van der Waals surface area (Å²) in [4.78, 5) is 13.3. The molecule has 0 aromatic heterocycles. The van der Waals surface area contributed by atoms with E-state index in [1.54, 1.807) is 6.92 Å². The Kier molecular flexibility index (Phi) is 3.26. The van der Waals surface area contributed by atoms with Gasteiger partial charge in [0.2, 0.25) is 0 Å². The van der Waals surface area contributed by atoms with Gasteiger partial charge in [0.25, 0.3) is 0 Å². The molecule has 2 saturated heterocycles. The molecule has 2 rings (SSSR count). The van der Waals surface area contributed by atoms with Crippen LogP contribution in [0.5, 0.6) is 0 Å². The summed E-state index contributed by atoms with van der Waals surface area (Å²) < 4.78 is 0. The van der Waals surface area contributed by atoms with Crippen molar-refractivity contribution in [3.63, 3.8) is 0 Å². The summed E-state index contributed by atoms with van der Waals surface area (Å²) in [5.41, 5.74) is 0. The van der Waals surface area contributed by atoms with E-state index in [0.29, 0.717) is 12.1 Å². The van der Waals surface area contributed by atoms with Crippen LogP contribution in [0.3, 0.4) is 0 Å². The molecule has 2 heterocycles. The molecule has 2 aliphatic rings. The number of carboxylic acid groups (broad SMARTS) is 1. The van der Waals surface area contributed by atoms with Gasteiger partial charge in [-0.3, -0.25) is 4.79 Å². The van der Waals surface area contributed by atoms with Crippen molar-refractivity contribution in [3.8, 4) is 0 Å². The van der Waals surface area contributed by atoms with Crippen molar-refractivity contribution in [3.05, 3.63) is 0 Å². The van der Waals surface area contributed by atoms with Crippen LogP contribution in [-0.4, -0.2) is 47.2 Å². The topological polar surface area (TPSA) is 52.6 Å². The molecule has 0 aliphatic carbocycles. The standard InChI is InChI=1S/C11H20N2O2/c1-8(11(14)15)12-9-4-6-13-5-2-3-10(13)7-9/h8-10,12H,2-7H2,1H3,(H,14,15).